The Morgan fingerprint density at radius 1 is 1.14 bits per heavy atom. The van der Waals surface area contributed by atoms with Crippen LogP contribution in [0.25, 0.3) is 5.65 Å². The van der Waals surface area contributed by atoms with Crippen LogP contribution in [0.1, 0.15) is 53.3 Å². The molecule has 0 spiro atoms. The molecule has 0 saturated carbocycles. The predicted molar refractivity (Wildman–Crippen MR) is 83.5 cm³/mol. The molecule has 6 heteroatoms. The fourth-order valence-electron chi connectivity index (χ4n) is 2.11. The SMILES string of the molecule is CCC(O)(CC)CNc1ccc2nnc(C(C)(C)C)n2n1. The summed E-state index contributed by atoms with van der Waals surface area (Å²) >= 11 is 0. The van der Waals surface area contributed by atoms with E-state index < -0.39 is 5.60 Å². The second-order valence-corrected chi connectivity index (χ2v) is 6.55. The number of hydrogen-bond donors (Lipinski definition) is 2. The van der Waals surface area contributed by atoms with Gasteiger partial charge < -0.3 is 10.4 Å². The topological polar surface area (TPSA) is 75.3 Å². The zero-order valence-corrected chi connectivity index (χ0v) is 13.5. The maximum Gasteiger partial charge on any atom is 0.178 e. The van der Waals surface area contributed by atoms with Gasteiger partial charge in [-0.05, 0) is 25.0 Å². The van der Waals surface area contributed by atoms with E-state index in [2.05, 4.69) is 41.4 Å². The highest BCUT2D eigenvalue weighted by molar-refractivity contribution is 5.44. The molecule has 0 amide bonds. The Morgan fingerprint density at radius 3 is 2.38 bits per heavy atom. The van der Waals surface area contributed by atoms with Gasteiger partial charge in [0.15, 0.2) is 11.5 Å². The van der Waals surface area contributed by atoms with Crippen LogP contribution in [0.2, 0.25) is 0 Å². The lowest BCUT2D eigenvalue weighted by molar-refractivity contribution is 0.0456. The van der Waals surface area contributed by atoms with Gasteiger partial charge in [0.2, 0.25) is 0 Å². The van der Waals surface area contributed by atoms with E-state index in [1.165, 1.54) is 0 Å². The molecule has 2 aromatic heterocycles. The van der Waals surface area contributed by atoms with Crippen LogP contribution in [-0.2, 0) is 5.41 Å². The second-order valence-electron chi connectivity index (χ2n) is 6.55. The average molecular weight is 291 g/mol. The second kappa shape index (κ2) is 5.60. The number of anilines is 1. The molecule has 0 aromatic carbocycles. The smallest absolute Gasteiger partial charge is 0.178 e. The van der Waals surface area contributed by atoms with Crippen LogP contribution >= 0.6 is 0 Å². The molecule has 0 atom stereocenters. The van der Waals surface area contributed by atoms with Gasteiger partial charge in [-0.2, -0.15) is 4.52 Å². The van der Waals surface area contributed by atoms with Crippen LogP contribution in [0.15, 0.2) is 12.1 Å². The molecule has 2 heterocycles. The van der Waals surface area contributed by atoms with Crippen molar-refractivity contribution in [2.75, 3.05) is 11.9 Å². The van der Waals surface area contributed by atoms with E-state index in [9.17, 15) is 5.11 Å². The summed E-state index contributed by atoms with van der Waals surface area (Å²) < 4.78 is 1.76. The first-order valence-corrected chi connectivity index (χ1v) is 7.48. The summed E-state index contributed by atoms with van der Waals surface area (Å²) in [5.41, 5.74) is -0.0957. The van der Waals surface area contributed by atoms with Crippen molar-refractivity contribution in [1.29, 1.82) is 0 Å². The Morgan fingerprint density at radius 2 is 1.81 bits per heavy atom. The summed E-state index contributed by atoms with van der Waals surface area (Å²) in [6, 6.07) is 3.75. The van der Waals surface area contributed by atoms with E-state index in [0.717, 1.165) is 11.5 Å². The van der Waals surface area contributed by atoms with Crippen LogP contribution in [0.4, 0.5) is 5.82 Å². The molecule has 0 bridgehead atoms. The van der Waals surface area contributed by atoms with Crippen LogP contribution in [0.3, 0.4) is 0 Å². The highest BCUT2D eigenvalue weighted by Crippen LogP contribution is 2.21. The lowest BCUT2D eigenvalue weighted by atomic mass is 9.96. The van der Waals surface area contributed by atoms with Gasteiger partial charge in [-0.15, -0.1) is 15.3 Å². The molecule has 0 aliphatic rings. The molecular formula is C15H25N5O. The molecule has 0 unspecified atom stereocenters. The minimum atomic E-state index is -0.698. The normalized spacial score (nSPS) is 12.9. The first-order valence-electron chi connectivity index (χ1n) is 7.48. The standard InChI is InChI=1S/C15H25N5O/c1-6-15(21,7-2)10-16-11-8-9-12-17-18-13(14(3,4)5)20(12)19-11/h8-9,21H,6-7,10H2,1-5H3,(H,16,19). The summed E-state index contributed by atoms with van der Waals surface area (Å²) in [4.78, 5) is 0. The van der Waals surface area contributed by atoms with Gasteiger partial charge in [0.25, 0.3) is 0 Å². The largest absolute Gasteiger partial charge is 0.388 e. The number of nitrogens with one attached hydrogen (secondary N) is 1. The zero-order valence-electron chi connectivity index (χ0n) is 13.5. The predicted octanol–water partition coefficient (Wildman–Crippen LogP) is 2.38. The van der Waals surface area contributed by atoms with E-state index in [4.69, 9.17) is 0 Å². The van der Waals surface area contributed by atoms with Crippen molar-refractivity contribution in [3.05, 3.63) is 18.0 Å². The van der Waals surface area contributed by atoms with Crippen LogP contribution in [0.5, 0.6) is 0 Å². The molecule has 2 rings (SSSR count). The summed E-state index contributed by atoms with van der Waals surface area (Å²) in [7, 11) is 0. The Balaban J connectivity index is 2.26. The Hall–Kier alpha value is -1.69. The Labute approximate surface area is 125 Å². The van der Waals surface area contributed by atoms with Gasteiger partial charge in [-0.25, -0.2) is 0 Å². The third kappa shape index (κ3) is 3.32. The maximum atomic E-state index is 10.3. The highest BCUT2D eigenvalue weighted by atomic mass is 16.3. The van der Waals surface area contributed by atoms with Gasteiger partial charge >= 0.3 is 0 Å². The number of hydrogen-bond acceptors (Lipinski definition) is 5. The molecule has 21 heavy (non-hydrogen) atoms. The quantitative estimate of drug-likeness (QED) is 0.884. The van der Waals surface area contributed by atoms with Gasteiger partial charge in [0.05, 0.1) is 5.60 Å². The van der Waals surface area contributed by atoms with Crippen molar-refractivity contribution in [3.63, 3.8) is 0 Å². The van der Waals surface area contributed by atoms with Crippen LogP contribution in [-0.4, -0.2) is 37.1 Å². The number of rotatable bonds is 5. The number of fused-ring (bicyclic) bond motifs is 1. The van der Waals surface area contributed by atoms with Gasteiger partial charge in [-0.1, -0.05) is 34.6 Å². The maximum absolute atomic E-state index is 10.3. The molecule has 0 aliphatic heterocycles. The molecule has 0 saturated heterocycles. The number of aliphatic hydroxyl groups is 1. The van der Waals surface area contributed by atoms with Crippen molar-refractivity contribution in [2.45, 2.75) is 58.5 Å². The first kappa shape index (κ1) is 15.7. The molecule has 0 radical (unpaired) electrons. The lowest BCUT2D eigenvalue weighted by Crippen LogP contribution is -2.35. The van der Waals surface area contributed by atoms with Crippen molar-refractivity contribution in [2.24, 2.45) is 0 Å². The lowest BCUT2D eigenvalue weighted by Gasteiger charge is -2.25. The van der Waals surface area contributed by atoms with Crippen molar-refractivity contribution >= 4 is 11.5 Å². The van der Waals surface area contributed by atoms with Gasteiger partial charge in [0.1, 0.15) is 5.82 Å². The molecule has 0 fully saturated rings. The van der Waals surface area contributed by atoms with E-state index >= 15 is 0 Å². The van der Waals surface area contributed by atoms with E-state index in [0.29, 0.717) is 25.2 Å². The van der Waals surface area contributed by atoms with Crippen molar-refractivity contribution < 1.29 is 5.11 Å². The molecule has 116 valence electrons. The third-order valence-corrected chi connectivity index (χ3v) is 3.85. The monoisotopic (exact) mass is 291 g/mol. The summed E-state index contributed by atoms with van der Waals surface area (Å²) in [5.74, 6) is 1.54. The Kier molecular flexibility index (Phi) is 4.18. The van der Waals surface area contributed by atoms with Crippen LogP contribution < -0.4 is 5.32 Å². The van der Waals surface area contributed by atoms with E-state index in [1.54, 1.807) is 4.52 Å². The zero-order chi connectivity index (χ0) is 15.7. The van der Waals surface area contributed by atoms with Crippen molar-refractivity contribution in [3.8, 4) is 0 Å². The molecule has 2 aromatic rings. The van der Waals surface area contributed by atoms with E-state index in [-0.39, 0.29) is 5.41 Å². The summed E-state index contributed by atoms with van der Waals surface area (Å²) in [6.45, 7) is 10.7. The number of nitrogens with zero attached hydrogens (tertiary/aromatic N) is 4. The number of aromatic nitrogens is 4. The molecule has 2 N–H and O–H groups in total. The van der Waals surface area contributed by atoms with Gasteiger partial charge in [0, 0.05) is 12.0 Å². The minimum absolute atomic E-state index is 0.126. The molecule has 6 nitrogen and oxygen atoms in total. The highest BCUT2D eigenvalue weighted by Gasteiger charge is 2.23. The fraction of sp³-hybridized carbons (Fsp3) is 0.667. The van der Waals surface area contributed by atoms with E-state index in [1.807, 2.05) is 26.0 Å². The first-order chi connectivity index (χ1) is 9.79. The third-order valence-electron chi connectivity index (χ3n) is 3.85. The fourth-order valence-corrected chi connectivity index (χ4v) is 2.11. The Bertz CT molecular complexity index is 610. The summed E-state index contributed by atoms with van der Waals surface area (Å²) in [6.07, 6.45) is 1.41. The summed E-state index contributed by atoms with van der Waals surface area (Å²) in [5, 5.41) is 26.4. The minimum Gasteiger partial charge on any atom is -0.388 e. The molecule has 0 aliphatic carbocycles. The van der Waals surface area contributed by atoms with Crippen LogP contribution in [0, 0.1) is 0 Å². The van der Waals surface area contributed by atoms with Crippen molar-refractivity contribution in [1.82, 2.24) is 19.8 Å². The average Bonchev–Trinajstić information content (AvgIpc) is 2.87. The van der Waals surface area contributed by atoms with Gasteiger partial charge in [-0.3, -0.25) is 0 Å². The molecular weight excluding hydrogens is 266 g/mol.